The summed E-state index contributed by atoms with van der Waals surface area (Å²) in [6.07, 6.45) is 3.80. The van der Waals surface area contributed by atoms with Gasteiger partial charge in [-0.25, -0.2) is 0 Å². The molecule has 0 aliphatic carbocycles. The first-order valence-corrected chi connectivity index (χ1v) is 10.3. The lowest BCUT2D eigenvalue weighted by Crippen LogP contribution is -2.31. The second kappa shape index (κ2) is 10.2. The lowest BCUT2D eigenvalue weighted by molar-refractivity contribution is -0.140. The van der Waals surface area contributed by atoms with Gasteiger partial charge in [-0.1, -0.05) is 19.9 Å². The molecule has 1 aliphatic rings. The van der Waals surface area contributed by atoms with E-state index in [0.717, 1.165) is 0 Å². The molecule has 1 aromatic carbocycles. The molecule has 7 nitrogen and oxygen atoms in total. The van der Waals surface area contributed by atoms with Gasteiger partial charge in [0.15, 0.2) is 0 Å². The number of pyridine rings is 1. The zero-order chi connectivity index (χ0) is 22.4. The number of hydrogen-bond acceptors (Lipinski definition) is 6. The number of nitrogens with zero attached hydrogens (tertiary/aromatic N) is 2. The Balaban J connectivity index is 1.98. The molecule has 0 radical (unpaired) electrons. The van der Waals surface area contributed by atoms with E-state index >= 15 is 0 Å². The Morgan fingerprint density at radius 3 is 2.55 bits per heavy atom. The van der Waals surface area contributed by atoms with E-state index in [1.54, 1.807) is 55.9 Å². The standard InChI is InChI=1S/C24H28N2O5/c1-16(2)15-31-19-9-7-17(8-10-19)22(27)20-21(18-6-4-11-25-14-18)26(12-5-13-30-3)24(29)23(20)28/h4,6-11,14,16,21,27H,5,12-13,15H2,1-3H3/t21-/m1/s1. The maximum Gasteiger partial charge on any atom is 0.295 e. The summed E-state index contributed by atoms with van der Waals surface area (Å²) in [5, 5.41) is 11.0. The average Bonchev–Trinajstić information content (AvgIpc) is 3.03. The number of hydrogen-bond donors (Lipinski definition) is 1. The Bertz CT molecular complexity index is 938. The fourth-order valence-corrected chi connectivity index (χ4v) is 3.50. The number of rotatable bonds is 9. The molecule has 3 rings (SSSR count). The third kappa shape index (κ3) is 5.11. The van der Waals surface area contributed by atoms with E-state index in [-0.39, 0.29) is 11.3 Å². The second-order valence-corrected chi connectivity index (χ2v) is 7.85. The van der Waals surface area contributed by atoms with Crippen LogP contribution in [0.3, 0.4) is 0 Å². The van der Waals surface area contributed by atoms with Crippen molar-refractivity contribution < 1.29 is 24.2 Å². The van der Waals surface area contributed by atoms with Gasteiger partial charge in [-0.2, -0.15) is 0 Å². The number of ketones is 1. The average molecular weight is 424 g/mol. The Labute approximate surface area is 182 Å². The summed E-state index contributed by atoms with van der Waals surface area (Å²) >= 11 is 0. The minimum atomic E-state index is -0.706. The molecule has 2 heterocycles. The van der Waals surface area contributed by atoms with E-state index in [4.69, 9.17) is 9.47 Å². The Kier molecular flexibility index (Phi) is 7.41. The van der Waals surface area contributed by atoms with Crippen LogP contribution in [0.1, 0.15) is 37.4 Å². The van der Waals surface area contributed by atoms with Crippen LogP contribution in [-0.4, -0.2) is 53.5 Å². The van der Waals surface area contributed by atoms with Crippen molar-refractivity contribution in [1.29, 1.82) is 0 Å². The molecule has 1 aromatic heterocycles. The highest BCUT2D eigenvalue weighted by molar-refractivity contribution is 6.46. The van der Waals surface area contributed by atoms with E-state index in [2.05, 4.69) is 18.8 Å². The largest absolute Gasteiger partial charge is 0.507 e. The molecule has 31 heavy (non-hydrogen) atoms. The fourth-order valence-electron chi connectivity index (χ4n) is 3.50. The van der Waals surface area contributed by atoms with Gasteiger partial charge in [-0.3, -0.25) is 14.6 Å². The second-order valence-electron chi connectivity index (χ2n) is 7.85. The maximum atomic E-state index is 12.9. The van der Waals surface area contributed by atoms with Crippen LogP contribution in [0.2, 0.25) is 0 Å². The number of aliphatic hydroxyl groups is 1. The Hall–Kier alpha value is -3.19. The molecule has 0 spiro atoms. The smallest absolute Gasteiger partial charge is 0.295 e. The van der Waals surface area contributed by atoms with Crippen molar-refractivity contribution in [2.45, 2.75) is 26.3 Å². The number of ether oxygens (including phenoxy) is 2. The zero-order valence-corrected chi connectivity index (χ0v) is 18.1. The van der Waals surface area contributed by atoms with Crippen LogP contribution in [0.4, 0.5) is 0 Å². The van der Waals surface area contributed by atoms with Gasteiger partial charge in [0.25, 0.3) is 11.7 Å². The van der Waals surface area contributed by atoms with Gasteiger partial charge >= 0.3 is 0 Å². The van der Waals surface area contributed by atoms with Crippen molar-refractivity contribution in [3.05, 3.63) is 65.5 Å². The summed E-state index contributed by atoms with van der Waals surface area (Å²) < 4.78 is 10.8. The quantitative estimate of drug-likeness (QED) is 0.286. The predicted octanol–water partition coefficient (Wildman–Crippen LogP) is 3.57. The lowest BCUT2D eigenvalue weighted by Gasteiger charge is -2.25. The first kappa shape index (κ1) is 22.5. The van der Waals surface area contributed by atoms with Gasteiger partial charge < -0.3 is 19.5 Å². The molecule has 0 saturated carbocycles. The van der Waals surface area contributed by atoms with Gasteiger partial charge in [0.05, 0.1) is 18.2 Å². The third-order valence-corrected chi connectivity index (χ3v) is 5.00. The van der Waals surface area contributed by atoms with Crippen LogP contribution in [0.25, 0.3) is 5.76 Å². The number of carbonyl (C=O) groups is 2. The molecule has 7 heteroatoms. The predicted molar refractivity (Wildman–Crippen MR) is 117 cm³/mol. The molecule has 1 fully saturated rings. The van der Waals surface area contributed by atoms with E-state index < -0.39 is 17.7 Å². The van der Waals surface area contributed by atoms with Gasteiger partial charge in [0.1, 0.15) is 11.5 Å². The molecule has 0 bridgehead atoms. The molecule has 0 unspecified atom stereocenters. The van der Waals surface area contributed by atoms with E-state index in [0.29, 0.717) is 49.0 Å². The summed E-state index contributed by atoms with van der Waals surface area (Å²) in [4.78, 5) is 31.3. The van der Waals surface area contributed by atoms with Crippen molar-refractivity contribution in [3.63, 3.8) is 0 Å². The molecule has 1 amide bonds. The molecule has 1 N–H and O–H groups in total. The highest BCUT2D eigenvalue weighted by Crippen LogP contribution is 2.39. The van der Waals surface area contributed by atoms with Crippen LogP contribution < -0.4 is 4.74 Å². The first-order valence-electron chi connectivity index (χ1n) is 10.3. The number of carbonyl (C=O) groups excluding carboxylic acids is 2. The monoisotopic (exact) mass is 424 g/mol. The molecule has 1 saturated heterocycles. The van der Waals surface area contributed by atoms with Crippen molar-refractivity contribution in [2.75, 3.05) is 26.9 Å². The van der Waals surface area contributed by atoms with Crippen molar-refractivity contribution in [3.8, 4) is 5.75 Å². The van der Waals surface area contributed by atoms with Gasteiger partial charge in [0.2, 0.25) is 0 Å². The minimum Gasteiger partial charge on any atom is -0.507 e. The first-order chi connectivity index (χ1) is 14.9. The van der Waals surface area contributed by atoms with Crippen LogP contribution in [0.15, 0.2) is 54.4 Å². The summed E-state index contributed by atoms with van der Waals surface area (Å²) in [7, 11) is 1.58. The molecule has 164 valence electrons. The van der Waals surface area contributed by atoms with Gasteiger partial charge in [-0.15, -0.1) is 0 Å². The lowest BCUT2D eigenvalue weighted by atomic mass is 9.96. The number of Topliss-reactive ketones (excluding diaryl/α,β-unsaturated/α-hetero) is 1. The number of aliphatic hydroxyl groups excluding tert-OH is 1. The van der Waals surface area contributed by atoms with Gasteiger partial charge in [0, 0.05) is 38.2 Å². The number of amides is 1. The van der Waals surface area contributed by atoms with Crippen molar-refractivity contribution >= 4 is 17.4 Å². The highest BCUT2D eigenvalue weighted by atomic mass is 16.5. The van der Waals surface area contributed by atoms with Crippen molar-refractivity contribution in [1.82, 2.24) is 9.88 Å². The number of benzene rings is 1. The number of methoxy groups -OCH3 is 1. The van der Waals surface area contributed by atoms with E-state index in [1.807, 2.05) is 0 Å². The number of aromatic nitrogens is 1. The topological polar surface area (TPSA) is 89.0 Å². The van der Waals surface area contributed by atoms with Crippen LogP contribution in [-0.2, 0) is 14.3 Å². The third-order valence-electron chi connectivity index (χ3n) is 5.00. The Morgan fingerprint density at radius 1 is 1.19 bits per heavy atom. The molecular weight excluding hydrogens is 396 g/mol. The Morgan fingerprint density at radius 2 is 1.94 bits per heavy atom. The zero-order valence-electron chi connectivity index (χ0n) is 18.1. The fraction of sp³-hybridized carbons (Fsp3) is 0.375. The molecule has 1 atom stereocenters. The van der Waals surface area contributed by atoms with E-state index in [1.165, 1.54) is 4.90 Å². The highest BCUT2D eigenvalue weighted by Gasteiger charge is 2.45. The maximum absolute atomic E-state index is 12.9. The molecule has 2 aromatic rings. The summed E-state index contributed by atoms with van der Waals surface area (Å²) in [5.41, 5.74) is 1.17. The molecule has 1 aliphatic heterocycles. The number of likely N-dealkylation sites (tertiary alicyclic amines) is 1. The molecular formula is C24H28N2O5. The summed E-state index contributed by atoms with van der Waals surface area (Å²) in [5.74, 6) is -0.486. The van der Waals surface area contributed by atoms with Crippen LogP contribution >= 0.6 is 0 Å². The summed E-state index contributed by atoms with van der Waals surface area (Å²) in [6, 6.07) is 9.68. The minimum absolute atomic E-state index is 0.0614. The van der Waals surface area contributed by atoms with Crippen LogP contribution in [0.5, 0.6) is 5.75 Å². The van der Waals surface area contributed by atoms with Crippen molar-refractivity contribution in [2.24, 2.45) is 5.92 Å². The van der Waals surface area contributed by atoms with E-state index in [9.17, 15) is 14.7 Å². The van der Waals surface area contributed by atoms with Gasteiger partial charge in [-0.05, 0) is 48.2 Å². The SMILES string of the molecule is COCCCN1C(=O)C(=O)C(=C(O)c2ccc(OCC(C)C)cc2)[C@H]1c1cccnc1. The normalized spacial score (nSPS) is 18.1. The summed E-state index contributed by atoms with van der Waals surface area (Å²) in [6.45, 7) is 5.49. The van der Waals surface area contributed by atoms with Crippen LogP contribution in [0, 0.1) is 5.92 Å².